The Kier molecular flexibility index (Phi) is 11.0. The molecule has 1 spiro atoms. The molecule has 4 aromatic carbocycles. The summed E-state index contributed by atoms with van der Waals surface area (Å²) in [4.78, 5) is 73.7. The van der Waals surface area contributed by atoms with Gasteiger partial charge in [0.25, 0.3) is 5.91 Å². The van der Waals surface area contributed by atoms with Crippen LogP contribution in [0, 0.1) is 5.92 Å². The van der Waals surface area contributed by atoms with Crippen molar-refractivity contribution in [3.8, 4) is 22.4 Å². The first-order valence-electron chi connectivity index (χ1n) is 22.3. The molecule has 1 aliphatic carbocycles. The van der Waals surface area contributed by atoms with Crippen LogP contribution >= 0.6 is 0 Å². The summed E-state index contributed by atoms with van der Waals surface area (Å²) in [6, 6.07) is 23.9. The Bertz CT molecular complexity index is 2810. The Balaban J connectivity index is 0.904. The molecule has 2 aromatic heterocycles. The number of carbonyl (C=O) groups is 4. The van der Waals surface area contributed by atoms with Crippen molar-refractivity contribution in [2.24, 2.45) is 5.92 Å². The third-order valence-corrected chi connectivity index (χ3v) is 13.4. The first-order valence-corrected chi connectivity index (χ1v) is 22.3. The molecule has 65 heavy (non-hydrogen) atoms. The van der Waals surface area contributed by atoms with Gasteiger partial charge < -0.3 is 49.3 Å². The molecule has 0 bridgehead atoms. The minimum atomic E-state index is -0.949. The van der Waals surface area contributed by atoms with E-state index < -0.39 is 36.1 Å². The number of benzene rings is 4. The molecule has 10 rings (SSSR count). The number of rotatable bonds is 9. The highest BCUT2D eigenvalue weighted by Crippen LogP contribution is 2.44. The average molecular weight is 881 g/mol. The first kappa shape index (κ1) is 42.2. The summed E-state index contributed by atoms with van der Waals surface area (Å²) in [6.07, 6.45) is 2.23. The maximum absolute atomic E-state index is 14.2. The molecule has 0 radical (unpaired) electrons. The molecule has 6 aromatic rings. The predicted octanol–water partition coefficient (Wildman–Crippen LogP) is 7.03. The van der Waals surface area contributed by atoms with Gasteiger partial charge in [-0.3, -0.25) is 9.59 Å². The summed E-state index contributed by atoms with van der Waals surface area (Å²) < 4.78 is 21.9. The minimum absolute atomic E-state index is 0.199. The zero-order valence-electron chi connectivity index (χ0n) is 36.8. The van der Waals surface area contributed by atoms with Gasteiger partial charge in [0.15, 0.2) is 5.79 Å². The quantitative estimate of drug-likeness (QED) is 0.117. The molecule has 16 heteroatoms. The van der Waals surface area contributed by atoms with Crippen molar-refractivity contribution in [1.82, 2.24) is 40.4 Å². The number of imidazole rings is 2. The second kappa shape index (κ2) is 17.0. The lowest BCUT2D eigenvalue weighted by molar-refractivity contribution is -0.153. The fourth-order valence-electron chi connectivity index (χ4n) is 10.1. The first-order chi connectivity index (χ1) is 31.5. The minimum Gasteiger partial charge on any atom is -0.453 e. The standard InChI is InChI=1S/C49H52N8O8/c1-27(2)39(54-47(60)62-3)45(58)57-26-49(64-21-22-65-49)25-38(57)44-51-36-19-15-32-24-30(13-17-34(32)42(36)53-44)29-12-16-33-31(23-29)14-18-35-41(33)52-43(50-35)37-11-8-20-56(37)46(59)40(55-48(61)63-4)28-9-6-5-7-10-28/h5-7,9-10,12-13,15-17,19,23-24,27,37-40H,8,11,14,18,20-22,25-26H2,1-4H3,(H,50,52)(H,51,53)(H,54,60)(H,55,61)/t37?,38-,39-,40+/m0/s1. The van der Waals surface area contributed by atoms with Crippen LogP contribution in [-0.4, -0.2) is 106 Å². The van der Waals surface area contributed by atoms with Crippen LogP contribution in [-0.2, 0) is 41.4 Å². The van der Waals surface area contributed by atoms with E-state index in [0.29, 0.717) is 37.6 Å². The molecule has 4 aliphatic rings. The lowest BCUT2D eigenvalue weighted by atomic mass is 9.89. The number of hydrogen-bond donors (Lipinski definition) is 4. The van der Waals surface area contributed by atoms with Crippen molar-refractivity contribution in [2.45, 2.75) is 75.9 Å². The van der Waals surface area contributed by atoms with Gasteiger partial charge in [-0.1, -0.05) is 80.6 Å². The number of ether oxygens (including phenoxy) is 4. The number of methoxy groups -OCH3 is 2. The molecule has 4 atom stereocenters. The second-order valence-corrected chi connectivity index (χ2v) is 17.7. The lowest BCUT2D eigenvalue weighted by Crippen LogP contribution is -2.52. The zero-order chi connectivity index (χ0) is 45.0. The molecule has 3 saturated heterocycles. The van der Waals surface area contributed by atoms with Crippen LogP contribution in [0.2, 0.25) is 0 Å². The second-order valence-electron chi connectivity index (χ2n) is 17.7. The summed E-state index contributed by atoms with van der Waals surface area (Å²) in [7, 11) is 2.57. The van der Waals surface area contributed by atoms with E-state index in [9.17, 15) is 19.2 Å². The number of nitrogens with one attached hydrogen (secondary N) is 4. The smallest absolute Gasteiger partial charge is 0.407 e. The number of fused-ring (bicyclic) bond motifs is 6. The highest BCUT2D eigenvalue weighted by atomic mass is 16.7. The molecule has 16 nitrogen and oxygen atoms in total. The van der Waals surface area contributed by atoms with E-state index in [1.165, 1.54) is 19.8 Å². The van der Waals surface area contributed by atoms with E-state index in [2.05, 4.69) is 63.1 Å². The summed E-state index contributed by atoms with van der Waals surface area (Å²) in [6.45, 7) is 5.40. The van der Waals surface area contributed by atoms with Gasteiger partial charge in [0.1, 0.15) is 23.7 Å². The molecule has 5 heterocycles. The topological polar surface area (TPSA) is 193 Å². The van der Waals surface area contributed by atoms with Gasteiger partial charge in [-0.15, -0.1) is 0 Å². The third kappa shape index (κ3) is 7.73. The Morgan fingerprint density at radius 1 is 0.800 bits per heavy atom. The SMILES string of the molecule is COC(=O)N[C@H](C(=O)N1CC2(C[C@H]1c1nc3ccc4cc(-c5ccc6c(c5)CCc5nc(C7CCCN7C(=O)[C@H](NC(=O)OC)c7ccccc7)[nH]c5-6)ccc4c3[nH]1)OCCO2)C(C)C. The van der Waals surface area contributed by atoms with Crippen LogP contribution in [0.25, 0.3) is 44.2 Å². The van der Waals surface area contributed by atoms with Crippen LogP contribution < -0.4 is 10.6 Å². The Labute approximate surface area is 375 Å². The molecule has 336 valence electrons. The number of likely N-dealkylation sites (tertiary alicyclic amines) is 2. The van der Waals surface area contributed by atoms with E-state index in [1.807, 2.05) is 55.1 Å². The summed E-state index contributed by atoms with van der Waals surface area (Å²) in [5.41, 5.74) is 8.78. The molecule has 3 fully saturated rings. The number of alkyl carbamates (subject to hydrolysis) is 2. The fraction of sp³-hybridized carbons (Fsp3) is 0.388. The van der Waals surface area contributed by atoms with Crippen molar-refractivity contribution in [2.75, 3.05) is 40.5 Å². The number of carbonyl (C=O) groups excluding carboxylic acids is 4. The normalized spacial score (nSPS) is 19.6. The maximum atomic E-state index is 14.2. The van der Waals surface area contributed by atoms with E-state index in [-0.39, 0.29) is 30.3 Å². The van der Waals surface area contributed by atoms with Gasteiger partial charge >= 0.3 is 12.2 Å². The molecule has 4 N–H and O–H groups in total. The third-order valence-electron chi connectivity index (χ3n) is 13.4. The monoisotopic (exact) mass is 880 g/mol. The summed E-state index contributed by atoms with van der Waals surface area (Å²) in [5, 5.41) is 7.50. The Morgan fingerprint density at radius 2 is 1.54 bits per heavy atom. The number of hydrogen-bond acceptors (Lipinski definition) is 10. The molecular weight excluding hydrogens is 829 g/mol. The molecule has 4 amide bonds. The van der Waals surface area contributed by atoms with E-state index >= 15 is 0 Å². The molecule has 0 saturated carbocycles. The van der Waals surface area contributed by atoms with E-state index in [0.717, 1.165) is 81.4 Å². The Hall–Kier alpha value is -6.78. The fourth-order valence-corrected chi connectivity index (χ4v) is 10.1. The molecule has 1 unspecified atom stereocenters. The van der Waals surface area contributed by atoms with E-state index in [1.54, 1.807) is 4.90 Å². The molecular formula is C49H52N8O8. The Morgan fingerprint density at radius 3 is 2.31 bits per heavy atom. The van der Waals surface area contributed by atoms with Crippen molar-refractivity contribution in [3.63, 3.8) is 0 Å². The highest BCUT2D eigenvalue weighted by Gasteiger charge is 2.53. The van der Waals surface area contributed by atoms with Crippen LogP contribution in [0.4, 0.5) is 9.59 Å². The number of amides is 4. The number of H-pyrrole nitrogens is 2. The van der Waals surface area contributed by atoms with Crippen LogP contribution in [0.3, 0.4) is 0 Å². The zero-order valence-corrected chi connectivity index (χ0v) is 36.8. The maximum Gasteiger partial charge on any atom is 0.407 e. The lowest BCUT2D eigenvalue weighted by Gasteiger charge is -2.30. The van der Waals surface area contributed by atoms with Crippen LogP contribution in [0.5, 0.6) is 0 Å². The number of aromatic amines is 2. The summed E-state index contributed by atoms with van der Waals surface area (Å²) >= 11 is 0. The average Bonchev–Trinajstić information content (AvgIpc) is 4.19. The van der Waals surface area contributed by atoms with Crippen LogP contribution in [0.1, 0.15) is 79.7 Å². The van der Waals surface area contributed by atoms with Gasteiger partial charge in [-0.05, 0) is 71.4 Å². The highest BCUT2D eigenvalue weighted by molar-refractivity contribution is 6.05. The number of aromatic nitrogens is 4. The van der Waals surface area contributed by atoms with Crippen molar-refractivity contribution >= 4 is 45.8 Å². The van der Waals surface area contributed by atoms with Gasteiger partial charge in [-0.25, -0.2) is 19.6 Å². The number of aryl methyl sites for hydroxylation is 2. The van der Waals surface area contributed by atoms with Crippen molar-refractivity contribution in [3.05, 3.63) is 107 Å². The van der Waals surface area contributed by atoms with Gasteiger partial charge in [-0.2, -0.15) is 0 Å². The van der Waals surface area contributed by atoms with E-state index in [4.69, 9.17) is 28.9 Å². The van der Waals surface area contributed by atoms with Gasteiger partial charge in [0, 0.05) is 23.9 Å². The summed E-state index contributed by atoms with van der Waals surface area (Å²) in [5.74, 6) is -0.228. The largest absolute Gasteiger partial charge is 0.453 e. The van der Waals surface area contributed by atoms with Crippen molar-refractivity contribution in [1.29, 1.82) is 0 Å². The van der Waals surface area contributed by atoms with Gasteiger partial charge in [0.05, 0.1) is 68.5 Å². The van der Waals surface area contributed by atoms with Crippen LogP contribution in [0.15, 0.2) is 78.9 Å². The molecule has 3 aliphatic heterocycles. The predicted molar refractivity (Wildman–Crippen MR) is 240 cm³/mol. The van der Waals surface area contributed by atoms with Crippen molar-refractivity contribution < 1.29 is 38.1 Å². The van der Waals surface area contributed by atoms with Gasteiger partial charge in [0.2, 0.25) is 5.91 Å². The number of nitrogens with zero attached hydrogens (tertiary/aromatic N) is 4.